The maximum atomic E-state index is 4.38. The molecule has 74 valence electrons. The van der Waals surface area contributed by atoms with Crippen molar-refractivity contribution < 1.29 is 0 Å². The van der Waals surface area contributed by atoms with Crippen LogP contribution in [0.15, 0.2) is 35.3 Å². The Morgan fingerprint density at radius 2 is 2.50 bits per heavy atom. The summed E-state index contributed by atoms with van der Waals surface area (Å²) in [7, 11) is 2.56. The van der Waals surface area contributed by atoms with Crippen molar-refractivity contribution in [1.29, 1.82) is 0 Å². The first-order chi connectivity index (χ1) is 6.72. The molecule has 0 amide bonds. The Hall–Kier alpha value is -0.660. The summed E-state index contributed by atoms with van der Waals surface area (Å²) in [5.74, 6) is 0. The lowest BCUT2D eigenvalue weighted by Crippen LogP contribution is -1.97. The molecule has 0 N–H and O–H groups in total. The molecule has 1 aromatic heterocycles. The molecule has 0 bridgehead atoms. The second kappa shape index (κ2) is 5.94. The van der Waals surface area contributed by atoms with Crippen molar-refractivity contribution in [2.45, 2.75) is 13.5 Å². The van der Waals surface area contributed by atoms with E-state index in [1.807, 2.05) is 25.3 Å². The van der Waals surface area contributed by atoms with Gasteiger partial charge >= 0.3 is 0 Å². The highest BCUT2D eigenvalue weighted by molar-refractivity contribution is 8.16. The lowest BCUT2D eigenvalue weighted by Gasteiger charge is -1.98. The number of aliphatic imine (C=N–C) groups is 1. The molecule has 14 heavy (non-hydrogen) atoms. The topological polar surface area (TPSA) is 25.2 Å². The SMILES string of the molecule is C=CSC(C)=NCc1ccc(P)nc1. The van der Waals surface area contributed by atoms with Crippen molar-refractivity contribution in [2.75, 3.05) is 0 Å². The van der Waals surface area contributed by atoms with E-state index in [0.29, 0.717) is 6.54 Å². The minimum Gasteiger partial charge on any atom is -0.278 e. The van der Waals surface area contributed by atoms with Gasteiger partial charge in [-0.15, -0.1) is 0 Å². The molecular weight excluding hydrogens is 211 g/mol. The smallest absolute Gasteiger partial charge is 0.0690 e. The van der Waals surface area contributed by atoms with Gasteiger partial charge in [0.25, 0.3) is 0 Å². The summed E-state index contributed by atoms with van der Waals surface area (Å²) >= 11 is 1.54. The van der Waals surface area contributed by atoms with Crippen molar-refractivity contribution in [3.8, 4) is 0 Å². The predicted octanol–water partition coefficient (Wildman–Crippen LogP) is 2.38. The molecule has 0 fully saturated rings. The first-order valence-electron chi connectivity index (χ1n) is 4.21. The van der Waals surface area contributed by atoms with Crippen molar-refractivity contribution in [2.24, 2.45) is 4.99 Å². The Morgan fingerprint density at radius 3 is 3.07 bits per heavy atom. The number of nitrogens with zero attached hydrogens (tertiary/aromatic N) is 2. The van der Waals surface area contributed by atoms with Crippen LogP contribution in [0.3, 0.4) is 0 Å². The lowest BCUT2D eigenvalue weighted by molar-refractivity contribution is 1.06. The average Bonchev–Trinajstić information content (AvgIpc) is 2.17. The lowest BCUT2D eigenvalue weighted by atomic mass is 10.3. The van der Waals surface area contributed by atoms with Crippen LogP contribution in [0.4, 0.5) is 0 Å². The van der Waals surface area contributed by atoms with Crippen LogP contribution in [0.1, 0.15) is 12.5 Å². The highest BCUT2D eigenvalue weighted by Crippen LogP contribution is 2.06. The van der Waals surface area contributed by atoms with Crippen LogP contribution in [-0.4, -0.2) is 10.0 Å². The van der Waals surface area contributed by atoms with E-state index in [1.165, 1.54) is 0 Å². The summed E-state index contributed by atoms with van der Waals surface area (Å²) in [6.07, 6.45) is 1.84. The first kappa shape index (κ1) is 11.4. The van der Waals surface area contributed by atoms with Gasteiger partial charge in [-0.25, -0.2) is 0 Å². The minimum absolute atomic E-state index is 0.685. The van der Waals surface area contributed by atoms with E-state index in [0.717, 1.165) is 16.0 Å². The van der Waals surface area contributed by atoms with Gasteiger partial charge in [0, 0.05) is 6.20 Å². The third kappa shape index (κ3) is 4.03. The molecule has 0 aliphatic carbocycles. The van der Waals surface area contributed by atoms with Crippen LogP contribution in [0.2, 0.25) is 0 Å². The predicted molar refractivity (Wildman–Crippen MR) is 68.2 cm³/mol. The maximum absolute atomic E-state index is 4.38. The van der Waals surface area contributed by atoms with Crippen molar-refractivity contribution in [3.63, 3.8) is 0 Å². The van der Waals surface area contributed by atoms with E-state index in [4.69, 9.17) is 0 Å². The molecule has 1 rings (SSSR count). The quantitative estimate of drug-likeness (QED) is 0.447. The van der Waals surface area contributed by atoms with E-state index in [-0.39, 0.29) is 0 Å². The van der Waals surface area contributed by atoms with E-state index < -0.39 is 0 Å². The third-order valence-electron chi connectivity index (χ3n) is 1.59. The molecule has 1 unspecified atom stereocenters. The molecule has 2 nitrogen and oxygen atoms in total. The largest absolute Gasteiger partial charge is 0.278 e. The standard InChI is InChI=1S/C10H13N2PS/c1-3-14-8(2)11-6-9-4-5-10(13)12-7-9/h3-5,7H,1,6,13H2,2H3. The van der Waals surface area contributed by atoms with Gasteiger partial charge in [0.15, 0.2) is 0 Å². The summed E-state index contributed by atoms with van der Waals surface area (Å²) in [5, 5.41) is 2.80. The number of hydrogen-bond acceptors (Lipinski definition) is 3. The van der Waals surface area contributed by atoms with Crippen molar-refractivity contribution >= 4 is 31.5 Å². The Morgan fingerprint density at radius 1 is 1.71 bits per heavy atom. The summed E-state index contributed by atoms with van der Waals surface area (Å²) in [6.45, 7) is 6.30. The number of rotatable bonds is 3. The van der Waals surface area contributed by atoms with Gasteiger partial charge in [-0.1, -0.05) is 33.6 Å². The minimum atomic E-state index is 0.685. The molecule has 0 aromatic carbocycles. The average molecular weight is 224 g/mol. The Labute approximate surface area is 91.1 Å². The van der Waals surface area contributed by atoms with Gasteiger partial charge < -0.3 is 0 Å². The van der Waals surface area contributed by atoms with Gasteiger partial charge in [-0.05, 0) is 24.0 Å². The second-order valence-corrected chi connectivity index (χ2v) is 4.46. The Bertz CT molecular complexity index is 332. The van der Waals surface area contributed by atoms with Crippen LogP contribution in [-0.2, 0) is 6.54 Å². The summed E-state index contributed by atoms with van der Waals surface area (Å²) in [5.41, 5.74) is 2.08. The van der Waals surface area contributed by atoms with Crippen molar-refractivity contribution in [3.05, 3.63) is 35.9 Å². The maximum Gasteiger partial charge on any atom is 0.0690 e. The molecule has 0 spiro atoms. The van der Waals surface area contributed by atoms with Crippen LogP contribution in [0.25, 0.3) is 0 Å². The normalized spacial score (nSPS) is 11.4. The van der Waals surface area contributed by atoms with Crippen LogP contribution in [0.5, 0.6) is 0 Å². The number of thioether (sulfide) groups is 1. The van der Waals surface area contributed by atoms with E-state index in [2.05, 4.69) is 25.8 Å². The fraction of sp³-hybridized carbons (Fsp3) is 0.200. The molecular formula is C10H13N2PS. The van der Waals surface area contributed by atoms with E-state index in [9.17, 15) is 0 Å². The molecule has 1 atom stereocenters. The molecule has 1 aromatic rings. The molecule has 0 radical (unpaired) electrons. The highest BCUT2D eigenvalue weighted by Gasteiger charge is 1.92. The van der Waals surface area contributed by atoms with Crippen LogP contribution in [0, 0.1) is 0 Å². The van der Waals surface area contributed by atoms with E-state index in [1.54, 1.807) is 17.2 Å². The second-order valence-electron chi connectivity index (χ2n) is 2.71. The number of hydrogen-bond donors (Lipinski definition) is 0. The highest BCUT2D eigenvalue weighted by atomic mass is 32.2. The zero-order valence-corrected chi connectivity index (χ0v) is 10.1. The Kier molecular flexibility index (Phi) is 4.85. The molecule has 0 aliphatic rings. The molecule has 0 aliphatic heterocycles. The van der Waals surface area contributed by atoms with E-state index >= 15 is 0 Å². The molecule has 4 heteroatoms. The van der Waals surface area contributed by atoms with Crippen LogP contribution < -0.4 is 5.44 Å². The number of aromatic nitrogens is 1. The zero-order chi connectivity index (χ0) is 10.4. The molecule has 1 heterocycles. The van der Waals surface area contributed by atoms with Crippen LogP contribution >= 0.6 is 21.0 Å². The molecule has 0 saturated carbocycles. The van der Waals surface area contributed by atoms with Gasteiger partial charge in [-0.3, -0.25) is 9.98 Å². The molecule has 0 saturated heterocycles. The third-order valence-corrected chi connectivity index (χ3v) is 2.56. The fourth-order valence-electron chi connectivity index (χ4n) is 0.890. The summed E-state index contributed by atoms with van der Waals surface area (Å²) in [6, 6.07) is 4.00. The number of pyridine rings is 1. The summed E-state index contributed by atoms with van der Waals surface area (Å²) in [4.78, 5) is 8.55. The van der Waals surface area contributed by atoms with Crippen molar-refractivity contribution in [1.82, 2.24) is 4.98 Å². The van der Waals surface area contributed by atoms with Gasteiger partial charge in [0.2, 0.25) is 0 Å². The summed E-state index contributed by atoms with van der Waals surface area (Å²) < 4.78 is 0. The monoisotopic (exact) mass is 224 g/mol. The van der Waals surface area contributed by atoms with Gasteiger partial charge in [0.1, 0.15) is 0 Å². The Balaban J connectivity index is 2.57. The van der Waals surface area contributed by atoms with Gasteiger partial charge in [-0.2, -0.15) is 0 Å². The van der Waals surface area contributed by atoms with Gasteiger partial charge in [0.05, 0.1) is 17.0 Å². The zero-order valence-electron chi connectivity index (χ0n) is 8.10. The first-order valence-corrected chi connectivity index (χ1v) is 5.67. The fourth-order valence-corrected chi connectivity index (χ4v) is 1.44.